The first-order valence-electron chi connectivity index (χ1n) is 8.32. The van der Waals surface area contributed by atoms with E-state index in [0.29, 0.717) is 5.41 Å². The molecule has 1 saturated carbocycles. The molecule has 0 amide bonds. The number of hydrogen-bond donors (Lipinski definition) is 1. The summed E-state index contributed by atoms with van der Waals surface area (Å²) in [6.07, 6.45) is 2.81. The van der Waals surface area contributed by atoms with E-state index in [-0.39, 0.29) is 0 Å². The summed E-state index contributed by atoms with van der Waals surface area (Å²) in [4.78, 5) is 13.6. The first-order chi connectivity index (χ1) is 10.3. The quantitative estimate of drug-likeness (QED) is 0.904. The van der Waals surface area contributed by atoms with E-state index in [1.165, 1.54) is 0 Å². The minimum Gasteiger partial charge on any atom is -0.370 e. The third kappa shape index (κ3) is 3.35. The van der Waals surface area contributed by atoms with Gasteiger partial charge in [-0.25, -0.2) is 9.97 Å². The summed E-state index contributed by atoms with van der Waals surface area (Å²) in [6.45, 7) is 10.00. The van der Waals surface area contributed by atoms with Crippen LogP contribution in [0.15, 0.2) is 12.4 Å². The molecular weight excluding hydrogens is 274 g/mol. The van der Waals surface area contributed by atoms with Gasteiger partial charge in [0.1, 0.15) is 18.0 Å². The number of nitrogens with one attached hydrogen (secondary N) is 1. The van der Waals surface area contributed by atoms with Gasteiger partial charge in [-0.3, -0.25) is 0 Å². The van der Waals surface area contributed by atoms with Crippen LogP contribution in [0.1, 0.15) is 27.2 Å². The summed E-state index contributed by atoms with van der Waals surface area (Å²) in [5.74, 6) is 3.65. The van der Waals surface area contributed by atoms with E-state index in [4.69, 9.17) is 0 Å². The molecule has 5 nitrogen and oxygen atoms in total. The molecule has 1 aliphatic heterocycles. The van der Waals surface area contributed by atoms with Gasteiger partial charge >= 0.3 is 0 Å². The zero-order valence-electron chi connectivity index (χ0n) is 14.5. The van der Waals surface area contributed by atoms with E-state index < -0.39 is 0 Å². The van der Waals surface area contributed by atoms with Crippen LogP contribution >= 0.6 is 0 Å². The fourth-order valence-electron chi connectivity index (χ4n) is 3.63. The van der Waals surface area contributed by atoms with Gasteiger partial charge in [0.2, 0.25) is 0 Å². The largest absolute Gasteiger partial charge is 0.370 e. The van der Waals surface area contributed by atoms with Crippen LogP contribution in [0.25, 0.3) is 0 Å². The minimum atomic E-state index is 0.348. The van der Waals surface area contributed by atoms with Crippen molar-refractivity contribution < 1.29 is 0 Å². The monoisotopic (exact) mass is 303 g/mol. The second-order valence-corrected chi connectivity index (χ2v) is 8.19. The maximum absolute atomic E-state index is 4.46. The first-order valence-corrected chi connectivity index (χ1v) is 8.32. The molecule has 1 saturated heterocycles. The molecule has 2 heterocycles. The average molecular weight is 303 g/mol. The van der Waals surface area contributed by atoms with Crippen LogP contribution < -0.4 is 10.2 Å². The molecule has 1 unspecified atom stereocenters. The summed E-state index contributed by atoms with van der Waals surface area (Å²) in [6, 6.07) is 2.88. The van der Waals surface area contributed by atoms with E-state index in [1.54, 1.807) is 6.33 Å². The Kier molecular flexibility index (Phi) is 4.02. The van der Waals surface area contributed by atoms with Crippen LogP contribution in [-0.4, -0.2) is 54.6 Å². The highest BCUT2D eigenvalue weighted by Gasteiger charge is 2.56. The number of fused-ring (bicyclic) bond motifs is 1. The smallest absolute Gasteiger partial charge is 0.134 e. The molecule has 2 fully saturated rings. The van der Waals surface area contributed by atoms with Crippen LogP contribution in [0.4, 0.5) is 11.6 Å². The fraction of sp³-hybridized carbons (Fsp3) is 0.765. The molecule has 1 aromatic rings. The van der Waals surface area contributed by atoms with E-state index in [2.05, 4.69) is 66.0 Å². The molecular formula is C17H29N5. The van der Waals surface area contributed by atoms with Crippen molar-refractivity contribution in [2.75, 3.05) is 43.9 Å². The van der Waals surface area contributed by atoms with Crippen LogP contribution in [0, 0.1) is 17.3 Å². The van der Waals surface area contributed by atoms with Gasteiger partial charge in [-0.1, -0.05) is 20.8 Å². The lowest BCUT2D eigenvalue weighted by molar-refractivity contribution is 0.356. The van der Waals surface area contributed by atoms with E-state index >= 15 is 0 Å². The van der Waals surface area contributed by atoms with Crippen molar-refractivity contribution in [3.05, 3.63) is 12.4 Å². The van der Waals surface area contributed by atoms with Gasteiger partial charge in [-0.15, -0.1) is 0 Å². The number of nitrogens with zero attached hydrogens (tertiary/aromatic N) is 4. The molecule has 122 valence electrons. The molecule has 0 spiro atoms. The highest BCUT2D eigenvalue weighted by molar-refractivity contribution is 5.50. The lowest BCUT2D eigenvalue weighted by Gasteiger charge is -2.23. The molecule has 1 N–H and O–H groups in total. The Labute approximate surface area is 134 Å². The maximum atomic E-state index is 4.46. The van der Waals surface area contributed by atoms with E-state index in [9.17, 15) is 0 Å². The standard InChI is InChI=1S/C17H29N5/c1-17(2,3)6-7-18-14-8-15(20-11-19-14)22-9-12-13(10-22)16(12)21(4)5/h8,11-13,16H,6-7,9-10H2,1-5H3,(H,18,19,20)/t12-,13+,16?. The summed E-state index contributed by atoms with van der Waals surface area (Å²) in [5.41, 5.74) is 0.348. The summed E-state index contributed by atoms with van der Waals surface area (Å²) in [7, 11) is 4.38. The van der Waals surface area contributed by atoms with Crippen LogP contribution in [0.3, 0.4) is 0 Å². The number of aromatic nitrogens is 2. The van der Waals surface area contributed by atoms with Crippen molar-refractivity contribution in [2.45, 2.75) is 33.2 Å². The molecule has 0 radical (unpaired) electrons. The van der Waals surface area contributed by atoms with Gasteiger partial charge in [0.25, 0.3) is 0 Å². The molecule has 1 aromatic heterocycles. The van der Waals surface area contributed by atoms with Crippen molar-refractivity contribution in [1.29, 1.82) is 0 Å². The zero-order chi connectivity index (χ0) is 15.9. The lowest BCUT2D eigenvalue weighted by atomic mass is 9.92. The average Bonchev–Trinajstić information content (AvgIpc) is 2.94. The second-order valence-electron chi connectivity index (χ2n) is 8.19. The Balaban J connectivity index is 1.55. The van der Waals surface area contributed by atoms with Crippen molar-refractivity contribution >= 4 is 11.6 Å². The number of anilines is 2. The van der Waals surface area contributed by atoms with Crippen LogP contribution in [0.5, 0.6) is 0 Å². The Hall–Kier alpha value is -1.36. The number of rotatable bonds is 5. The fourth-order valence-corrected chi connectivity index (χ4v) is 3.63. The molecule has 2 aliphatic rings. The molecule has 0 aromatic carbocycles. The normalized spacial score (nSPS) is 27.2. The summed E-state index contributed by atoms with van der Waals surface area (Å²) in [5, 5.41) is 3.43. The molecule has 22 heavy (non-hydrogen) atoms. The predicted octanol–water partition coefficient (Wildman–Crippen LogP) is 2.32. The van der Waals surface area contributed by atoms with Crippen molar-refractivity contribution in [2.24, 2.45) is 17.3 Å². The van der Waals surface area contributed by atoms with Gasteiger partial charge < -0.3 is 15.1 Å². The Bertz CT molecular complexity index is 510. The number of piperidine rings is 1. The Morgan fingerprint density at radius 1 is 1.23 bits per heavy atom. The van der Waals surface area contributed by atoms with Gasteiger partial charge in [0.05, 0.1) is 0 Å². The summed E-state index contributed by atoms with van der Waals surface area (Å²) >= 11 is 0. The lowest BCUT2D eigenvalue weighted by Crippen LogP contribution is -2.31. The van der Waals surface area contributed by atoms with E-state index in [0.717, 1.165) is 55.6 Å². The molecule has 3 atom stereocenters. The molecule has 3 rings (SSSR count). The highest BCUT2D eigenvalue weighted by atomic mass is 15.3. The van der Waals surface area contributed by atoms with Crippen molar-refractivity contribution in [1.82, 2.24) is 14.9 Å². The van der Waals surface area contributed by atoms with Gasteiger partial charge in [-0.2, -0.15) is 0 Å². The third-order valence-corrected chi connectivity index (χ3v) is 4.90. The zero-order valence-corrected chi connectivity index (χ0v) is 14.5. The topological polar surface area (TPSA) is 44.3 Å². The number of hydrogen-bond acceptors (Lipinski definition) is 5. The van der Waals surface area contributed by atoms with Gasteiger partial charge in [-0.05, 0) is 37.8 Å². The minimum absolute atomic E-state index is 0.348. The second kappa shape index (κ2) is 5.69. The van der Waals surface area contributed by atoms with Gasteiger partial charge in [0, 0.05) is 31.7 Å². The SMILES string of the molecule is CN(C)C1[C@H]2CN(c3cc(NCCC(C)(C)C)ncn3)C[C@@H]12. The maximum Gasteiger partial charge on any atom is 0.134 e. The van der Waals surface area contributed by atoms with E-state index in [1.807, 2.05) is 0 Å². The molecule has 0 bridgehead atoms. The molecule has 1 aliphatic carbocycles. The first kappa shape index (κ1) is 15.5. The Morgan fingerprint density at radius 2 is 1.91 bits per heavy atom. The molecule has 5 heteroatoms. The van der Waals surface area contributed by atoms with Crippen LogP contribution in [-0.2, 0) is 0 Å². The van der Waals surface area contributed by atoms with Crippen molar-refractivity contribution in [3.8, 4) is 0 Å². The van der Waals surface area contributed by atoms with Gasteiger partial charge in [0.15, 0.2) is 0 Å². The van der Waals surface area contributed by atoms with Crippen LogP contribution in [0.2, 0.25) is 0 Å². The van der Waals surface area contributed by atoms with Crippen molar-refractivity contribution in [3.63, 3.8) is 0 Å². The highest BCUT2D eigenvalue weighted by Crippen LogP contribution is 2.48. The summed E-state index contributed by atoms with van der Waals surface area (Å²) < 4.78 is 0. The third-order valence-electron chi connectivity index (χ3n) is 4.90. The Morgan fingerprint density at radius 3 is 2.50 bits per heavy atom. The predicted molar refractivity (Wildman–Crippen MR) is 91.3 cm³/mol.